The van der Waals surface area contributed by atoms with Crippen molar-refractivity contribution in [2.45, 2.75) is 19.8 Å². The SMILES string of the molecule is CCc1ccc(CC(=O)c2ccc(I)cc2)s1. The van der Waals surface area contributed by atoms with Gasteiger partial charge < -0.3 is 0 Å². The van der Waals surface area contributed by atoms with Gasteiger partial charge in [0.2, 0.25) is 0 Å². The van der Waals surface area contributed by atoms with E-state index in [0.717, 1.165) is 20.4 Å². The summed E-state index contributed by atoms with van der Waals surface area (Å²) in [5.74, 6) is 0.200. The highest BCUT2D eigenvalue weighted by atomic mass is 127. The molecule has 0 bridgehead atoms. The molecule has 1 nitrogen and oxygen atoms in total. The smallest absolute Gasteiger partial charge is 0.168 e. The molecule has 0 amide bonds. The summed E-state index contributed by atoms with van der Waals surface area (Å²) in [7, 11) is 0. The van der Waals surface area contributed by atoms with Crippen LogP contribution in [0.4, 0.5) is 0 Å². The van der Waals surface area contributed by atoms with E-state index in [-0.39, 0.29) is 5.78 Å². The lowest BCUT2D eigenvalue weighted by atomic mass is 10.1. The molecule has 0 fully saturated rings. The molecule has 2 rings (SSSR count). The monoisotopic (exact) mass is 356 g/mol. The zero-order valence-corrected chi connectivity index (χ0v) is 12.5. The molecule has 1 aromatic heterocycles. The van der Waals surface area contributed by atoms with Gasteiger partial charge in [-0.15, -0.1) is 11.3 Å². The predicted octanol–water partition coefficient (Wildman–Crippen LogP) is 4.34. The van der Waals surface area contributed by atoms with Crippen LogP contribution in [0.2, 0.25) is 0 Å². The van der Waals surface area contributed by atoms with Crippen LogP contribution in [0.1, 0.15) is 27.0 Å². The Morgan fingerprint density at radius 1 is 1.12 bits per heavy atom. The van der Waals surface area contributed by atoms with Crippen molar-refractivity contribution in [1.29, 1.82) is 0 Å². The van der Waals surface area contributed by atoms with E-state index in [9.17, 15) is 4.79 Å². The average molecular weight is 356 g/mol. The molecule has 88 valence electrons. The summed E-state index contributed by atoms with van der Waals surface area (Å²) in [6.45, 7) is 2.14. The van der Waals surface area contributed by atoms with Gasteiger partial charge in [-0.1, -0.05) is 19.1 Å². The molecule has 1 heterocycles. The number of halogens is 1. The molecule has 17 heavy (non-hydrogen) atoms. The summed E-state index contributed by atoms with van der Waals surface area (Å²) in [6, 6.07) is 11.9. The van der Waals surface area contributed by atoms with Crippen molar-refractivity contribution >= 4 is 39.7 Å². The van der Waals surface area contributed by atoms with Crippen LogP contribution in [-0.2, 0) is 12.8 Å². The van der Waals surface area contributed by atoms with E-state index in [1.165, 1.54) is 4.88 Å². The third-order valence-electron chi connectivity index (χ3n) is 2.57. The van der Waals surface area contributed by atoms with E-state index in [1.54, 1.807) is 11.3 Å². The number of aryl methyl sites for hydroxylation is 1. The first-order valence-electron chi connectivity index (χ1n) is 5.55. The third kappa shape index (κ3) is 3.39. The van der Waals surface area contributed by atoms with Crippen LogP contribution in [0.15, 0.2) is 36.4 Å². The van der Waals surface area contributed by atoms with E-state index < -0.39 is 0 Å². The maximum absolute atomic E-state index is 12.0. The fourth-order valence-electron chi connectivity index (χ4n) is 1.60. The number of hydrogen-bond donors (Lipinski definition) is 0. The fourth-order valence-corrected chi connectivity index (χ4v) is 2.92. The molecule has 0 spiro atoms. The highest BCUT2D eigenvalue weighted by molar-refractivity contribution is 14.1. The molecule has 1 aromatic carbocycles. The molecule has 0 radical (unpaired) electrons. The van der Waals surface area contributed by atoms with Gasteiger partial charge in [-0.25, -0.2) is 0 Å². The van der Waals surface area contributed by atoms with E-state index >= 15 is 0 Å². The van der Waals surface area contributed by atoms with Crippen molar-refractivity contribution in [2.75, 3.05) is 0 Å². The first-order chi connectivity index (χ1) is 8.19. The highest BCUT2D eigenvalue weighted by Gasteiger charge is 2.08. The van der Waals surface area contributed by atoms with Gasteiger partial charge in [-0.05, 0) is 53.3 Å². The van der Waals surface area contributed by atoms with Gasteiger partial charge in [0.05, 0.1) is 0 Å². The lowest BCUT2D eigenvalue weighted by molar-refractivity contribution is 0.0994. The molecule has 0 N–H and O–H groups in total. The summed E-state index contributed by atoms with van der Waals surface area (Å²) in [4.78, 5) is 14.5. The van der Waals surface area contributed by atoms with Crippen LogP contribution >= 0.6 is 33.9 Å². The zero-order valence-electron chi connectivity index (χ0n) is 9.57. The predicted molar refractivity (Wildman–Crippen MR) is 80.9 cm³/mol. The third-order valence-corrected chi connectivity index (χ3v) is 4.52. The minimum atomic E-state index is 0.200. The molecule has 0 aliphatic rings. The molecular weight excluding hydrogens is 343 g/mol. The second-order valence-electron chi connectivity index (χ2n) is 3.83. The molecular formula is C14H13IOS. The highest BCUT2D eigenvalue weighted by Crippen LogP contribution is 2.19. The summed E-state index contributed by atoms with van der Waals surface area (Å²) in [5.41, 5.74) is 0.803. The van der Waals surface area contributed by atoms with Gasteiger partial charge in [-0.2, -0.15) is 0 Å². The number of Topliss-reactive ketones (excluding diaryl/α,β-unsaturated/α-hetero) is 1. The minimum Gasteiger partial charge on any atom is -0.294 e. The van der Waals surface area contributed by atoms with Crippen molar-refractivity contribution in [3.05, 3.63) is 55.3 Å². The van der Waals surface area contributed by atoms with Gasteiger partial charge in [-0.3, -0.25) is 4.79 Å². The molecule has 0 atom stereocenters. The van der Waals surface area contributed by atoms with Crippen molar-refractivity contribution < 1.29 is 4.79 Å². The Morgan fingerprint density at radius 2 is 1.76 bits per heavy atom. The van der Waals surface area contributed by atoms with Gasteiger partial charge in [0.1, 0.15) is 0 Å². The van der Waals surface area contributed by atoms with Crippen LogP contribution in [0.3, 0.4) is 0 Å². The quantitative estimate of drug-likeness (QED) is 0.588. The lowest BCUT2D eigenvalue weighted by Gasteiger charge is -1.99. The second-order valence-corrected chi connectivity index (χ2v) is 6.33. The molecule has 3 heteroatoms. The summed E-state index contributed by atoms with van der Waals surface area (Å²) >= 11 is 3.98. The van der Waals surface area contributed by atoms with E-state index in [1.807, 2.05) is 24.3 Å². The molecule has 0 unspecified atom stereocenters. The number of carbonyl (C=O) groups excluding carboxylic acids is 1. The van der Waals surface area contributed by atoms with E-state index in [0.29, 0.717) is 6.42 Å². The number of carbonyl (C=O) groups is 1. The Kier molecular flexibility index (Phi) is 4.34. The minimum absolute atomic E-state index is 0.200. The van der Waals surface area contributed by atoms with Crippen LogP contribution in [0.25, 0.3) is 0 Å². The number of rotatable bonds is 4. The van der Waals surface area contributed by atoms with Crippen molar-refractivity contribution in [3.8, 4) is 0 Å². The van der Waals surface area contributed by atoms with Crippen LogP contribution < -0.4 is 0 Å². The number of hydrogen-bond acceptors (Lipinski definition) is 2. The van der Waals surface area contributed by atoms with Gasteiger partial charge in [0, 0.05) is 25.3 Å². The van der Waals surface area contributed by atoms with Crippen LogP contribution in [0.5, 0.6) is 0 Å². The van der Waals surface area contributed by atoms with Gasteiger partial charge >= 0.3 is 0 Å². The Bertz CT molecular complexity index is 513. The first-order valence-corrected chi connectivity index (χ1v) is 7.45. The van der Waals surface area contributed by atoms with Crippen molar-refractivity contribution in [2.24, 2.45) is 0 Å². The van der Waals surface area contributed by atoms with Crippen LogP contribution in [-0.4, -0.2) is 5.78 Å². The summed E-state index contributed by atoms with van der Waals surface area (Å²) in [6.07, 6.45) is 1.56. The molecule has 0 aliphatic heterocycles. The molecule has 0 aliphatic carbocycles. The Hall–Kier alpha value is -0.680. The molecule has 2 aromatic rings. The standard InChI is InChI=1S/C14H13IOS/c1-2-12-7-8-13(17-12)9-14(16)10-3-5-11(15)6-4-10/h3-8H,2,9H2,1H3. The first kappa shape index (κ1) is 12.8. The maximum Gasteiger partial charge on any atom is 0.168 e. The molecule has 0 saturated heterocycles. The largest absolute Gasteiger partial charge is 0.294 e. The number of ketones is 1. The Morgan fingerprint density at radius 3 is 2.35 bits per heavy atom. The Balaban J connectivity index is 2.08. The lowest BCUT2D eigenvalue weighted by Crippen LogP contribution is -2.01. The zero-order chi connectivity index (χ0) is 12.3. The fraction of sp³-hybridized carbons (Fsp3) is 0.214. The summed E-state index contributed by atoms with van der Waals surface area (Å²) in [5, 5.41) is 0. The molecule has 0 saturated carbocycles. The van der Waals surface area contributed by atoms with Crippen molar-refractivity contribution in [3.63, 3.8) is 0 Å². The van der Waals surface area contributed by atoms with Crippen molar-refractivity contribution in [1.82, 2.24) is 0 Å². The maximum atomic E-state index is 12.0. The normalized spacial score (nSPS) is 10.5. The second kappa shape index (κ2) is 5.78. The van der Waals surface area contributed by atoms with E-state index in [4.69, 9.17) is 0 Å². The van der Waals surface area contributed by atoms with E-state index in [2.05, 4.69) is 41.6 Å². The summed E-state index contributed by atoms with van der Waals surface area (Å²) < 4.78 is 1.16. The number of benzene rings is 1. The van der Waals surface area contributed by atoms with Gasteiger partial charge in [0.25, 0.3) is 0 Å². The number of thiophene rings is 1. The topological polar surface area (TPSA) is 17.1 Å². The van der Waals surface area contributed by atoms with Gasteiger partial charge in [0.15, 0.2) is 5.78 Å². The van der Waals surface area contributed by atoms with Crippen LogP contribution in [0, 0.1) is 3.57 Å². The Labute approximate surface area is 119 Å². The average Bonchev–Trinajstić information content (AvgIpc) is 2.77.